The standard InChI is InChI=1S/C18H23NOS/c1-18(13-20,19-16-7-8-16)10-11-21-17-9-6-14-4-2-3-5-15(14)12-17/h2-6,9,12,16,19-20H,7-8,10-11,13H2,1H3. The van der Waals surface area contributed by atoms with Gasteiger partial charge in [0.25, 0.3) is 0 Å². The van der Waals surface area contributed by atoms with E-state index in [-0.39, 0.29) is 12.1 Å². The zero-order valence-corrected chi connectivity index (χ0v) is 13.3. The first-order chi connectivity index (χ1) is 10.2. The summed E-state index contributed by atoms with van der Waals surface area (Å²) < 4.78 is 0. The van der Waals surface area contributed by atoms with Crippen LogP contribution >= 0.6 is 11.8 Å². The molecule has 1 aliphatic rings. The van der Waals surface area contributed by atoms with Crippen molar-refractivity contribution in [2.75, 3.05) is 12.4 Å². The highest BCUT2D eigenvalue weighted by molar-refractivity contribution is 7.99. The Morgan fingerprint density at radius 3 is 2.67 bits per heavy atom. The van der Waals surface area contributed by atoms with Crippen molar-refractivity contribution in [2.45, 2.75) is 42.7 Å². The first-order valence-corrected chi connectivity index (χ1v) is 8.67. The molecule has 0 radical (unpaired) electrons. The lowest BCUT2D eigenvalue weighted by atomic mass is 10.0. The second-order valence-corrected chi connectivity index (χ2v) is 7.41. The van der Waals surface area contributed by atoms with Crippen molar-refractivity contribution in [3.05, 3.63) is 42.5 Å². The summed E-state index contributed by atoms with van der Waals surface area (Å²) in [6.45, 7) is 2.34. The number of nitrogens with one attached hydrogen (secondary N) is 1. The average Bonchev–Trinajstić information content (AvgIpc) is 3.31. The summed E-state index contributed by atoms with van der Waals surface area (Å²) in [6, 6.07) is 15.7. The lowest BCUT2D eigenvalue weighted by molar-refractivity contribution is 0.169. The summed E-state index contributed by atoms with van der Waals surface area (Å²) in [5.41, 5.74) is -0.134. The molecule has 1 unspecified atom stereocenters. The molecule has 0 heterocycles. The van der Waals surface area contributed by atoms with Gasteiger partial charge in [0.1, 0.15) is 0 Å². The van der Waals surface area contributed by atoms with Crippen molar-refractivity contribution in [3.8, 4) is 0 Å². The fourth-order valence-corrected chi connectivity index (χ4v) is 3.73. The van der Waals surface area contributed by atoms with E-state index in [1.807, 2.05) is 11.8 Å². The van der Waals surface area contributed by atoms with Crippen LogP contribution < -0.4 is 5.32 Å². The molecule has 1 saturated carbocycles. The molecule has 21 heavy (non-hydrogen) atoms. The fourth-order valence-electron chi connectivity index (χ4n) is 2.57. The van der Waals surface area contributed by atoms with E-state index >= 15 is 0 Å². The second-order valence-electron chi connectivity index (χ2n) is 6.24. The van der Waals surface area contributed by atoms with E-state index in [1.165, 1.54) is 28.5 Å². The maximum absolute atomic E-state index is 9.63. The lowest BCUT2D eigenvalue weighted by Crippen LogP contribution is -2.47. The van der Waals surface area contributed by atoms with Crippen LogP contribution in [0, 0.1) is 0 Å². The van der Waals surface area contributed by atoms with Gasteiger partial charge in [-0.05, 0) is 54.8 Å². The fraction of sp³-hybridized carbons (Fsp3) is 0.444. The Bertz CT molecular complexity index is 611. The van der Waals surface area contributed by atoms with Gasteiger partial charge in [-0.3, -0.25) is 0 Å². The third-order valence-corrected chi connectivity index (χ3v) is 5.12. The highest BCUT2D eigenvalue weighted by atomic mass is 32.2. The molecule has 0 aliphatic heterocycles. The zero-order chi connectivity index (χ0) is 14.7. The van der Waals surface area contributed by atoms with Crippen molar-refractivity contribution in [3.63, 3.8) is 0 Å². The molecule has 0 saturated heterocycles. The molecule has 3 rings (SSSR count). The molecule has 0 bridgehead atoms. The van der Waals surface area contributed by atoms with E-state index in [2.05, 4.69) is 54.7 Å². The van der Waals surface area contributed by atoms with Crippen LogP contribution in [0.25, 0.3) is 10.8 Å². The monoisotopic (exact) mass is 301 g/mol. The predicted molar refractivity (Wildman–Crippen MR) is 90.9 cm³/mol. The molecule has 3 heteroatoms. The third-order valence-electron chi connectivity index (χ3n) is 4.12. The van der Waals surface area contributed by atoms with Crippen LogP contribution in [0.15, 0.2) is 47.4 Å². The van der Waals surface area contributed by atoms with E-state index in [1.54, 1.807) is 0 Å². The molecule has 2 nitrogen and oxygen atoms in total. The molecule has 0 spiro atoms. The number of hydrogen-bond donors (Lipinski definition) is 2. The Kier molecular flexibility index (Phi) is 4.53. The summed E-state index contributed by atoms with van der Waals surface area (Å²) in [4.78, 5) is 1.31. The van der Waals surface area contributed by atoms with Crippen molar-refractivity contribution in [1.29, 1.82) is 0 Å². The topological polar surface area (TPSA) is 32.3 Å². The minimum atomic E-state index is -0.134. The Hall–Kier alpha value is -1.03. The van der Waals surface area contributed by atoms with Crippen LogP contribution in [-0.2, 0) is 0 Å². The molecular weight excluding hydrogens is 278 g/mol. The van der Waals surface area contributed by atoms with Gasteiger partial charge in [0.2, 0.25) is 0 Å². The maximum Gasteiger partial charge on any atom is 0.0610 e. The van der Waals surface area contributed by atoms with Crippen LogP contribution in [0.4, 0.5) is 0 Å². The highest BCUT2D eigenvalue weighted by Gasteiger charge is 2.31. The quantitative estimate of drug-likeness (QED) is 0.762. The first kappa shape index (κ1) is 14.9. The van der Waals surface area contributed by atoms with Crippen molar-refractivity contribution < 1.29 is 5.11 Å². The Morgan fingerprint density at radius 2 is 1.95 bits per heavy atom. The van der Waals surface area contributed by atoms with Crippen LogP contribution in [0.1, 0.15) is 26.2 Å². The summed E-state index contributed by atoms with van der Waals surface area (Å²) >= 11 is 1.87. The molecule has 2 aromatic carbocycles. The maximum atomic E-state index is 9.63. The van der Waals surface area contributed by atoms with Gasteiger partial charge in [0.05, 0.1) is 6.61 Å². The molecular formula is C18H23NOS. The summed E-state index contributed by atoms with van der Waals surface area (Å²) in [5.74, 6) is 1.02. The molecule has 0 amide bonds. The van der Waals surface area contributed by atoms with E-state index < -0.39 is 0 Å². The summed E-state index contributed by atoms with van der Waals surface area (Å²) in [6.07, 6.45) is 3.50. The number of fused-ring (bicyclic) bond motifs is 1. The molecule has 2 N–H and O–H groups in total. The Labute approximate surface area is 130 Å². The van der Waals surface area contributed by atoms with E-state index in [0.717, 1.165) is 12.2 Å². The number of aliphatic hydroxyl groups is 1. The van der Waals surface area contributed by atoms with Gasteiger partial charge in [-0.2, -0.15) is 0 Å². The summed E-state index contributed by atoms with van der Waals surface area (Å²) in [5, 5.41) is 15.8. The minimum Gasteiger partial charge on any atom is -0.394 e. The lowest BCUT2D eigenvalue weighted by Gasteiger charge is -2.28. The molecule has 1 atom stereocenters. The number of aliphatic hydroxyl groups excluding tert-OH is 1. The molecule has 2 aromatic rings. The number of hydrogen-bond acceptors (Lipinski definition) is 3. The largest absolute Gasteiger partial charge is 0.394 e. The van der Waals surface area contributed by atoms with Gasteiger partial charge in [-0.1, -0.05) is 30.3 Å². The SMILES string of the molecule is CC(CO)(CCSc1ccc2ccccc2c1)NC1CC1. The van der Waals surface area contributed by atoms with Gasteiger partial charge in [-0.25, -0.2) is 0 Å². The zero-order valence-electron chi connectivity index (χ0n) is 12.5. The second kappa shape index (κ2) is 6.39. The molecule has 0 aromatic heterocycles. The smallest absolute Gasteiger partial charge is 0.0610 e. The van der Waals surface area contributed by atoms with E-state index in [0.29, 0.717) is 6.04 Å². The van der Waals surface area contributed by atoms with E-state index in [9.17, 15) is 5.11 Å². The highest BCUT2D eigenvalue weighted by Crippen LogP contribution is 2.28. The van der Waals surface area contributed by atoms with Gasteiger partial charge in [0, 0.05) is 16.5 Å². The van der Waals surface area contributed by atoms with Crippen LogP contribution in [0.2, 0.25) is 0 Å². The van der Waals surface area contributed by atoms with Crippen LogP contribution in [0.3, 0.4) is 0 Å². The van der Waals surface area contributed by atoms with Crippen molar-refractivity contribution in [1.82, 2.24) is 5.32 Å². The van der Waals surface area contributed by atoms with Crippen LogP contribution in [0.5, 0.6) is 0 Å². The number of rotatable bonds is 7. The third kappa shape index (κ3) is 4.00. The van der Waals surface area contributed by atoms with Gasteiger partial charge in [-0.15, -0.1) is 11.8 Å². The van der Waals surface area contributed by atoms with Gasteiger partial charge in [0.15, 0.2) is 0 Å². The Balaban J connectivity index is 1.57. The minimum absolute atomic E-state index is 0.134. The predicted octanol–water partition coefficient (Wildman–Crippen LogP) is 3.83. The number of benzene rings is 2. The molecule has 1 fully saturated rings. The average molecular weight is 301 g/mol. The van der Waals surface area contributed by atoms with Crippen LogP contribution in [-0.4, -0.2) is 29.0 Å². The molecule has 112 valence electrons. The summed E-state index contributed by atoms with van der Waals surface area (Å²) in [7, 11) is 0. The van der Waals surface area contributed by atoms with E-state index in [4.69, 9.17) is 0 Å². The van der Waals surface area contributed by atoms with Crippen molar-refractivity contribution >= 4 is 22.5 Å². The van der Waals surface area contributed by atoms with Gasteiger partial charge < -0.3 is 10.4 Å². The number of thioether (sulfide) groups is 1. The first-order valence-electron chi connectivity index (χ1n) is 7.69. The van der Waals surface area contributed by atoms with Crippen molar-refractivity contribution in [2.24, 2.45) is 0 Å². The molecule has 1 aliphatic carbocycles. The Morgan fingerprint density at radius 1 is 1.19 bits per heavy atom. The van der Waals surface area contributed by atoms with Gasteiger partial charge >= 0.3 is 0 Å². The normalized spacial score (nSPS) is 17.8.